The Morgan fingerprint density at radius 2 is 0.935 bits per heavy atom. The lowest BCUT2D eigenvalue weighted by Crippen LogP contribution is -2.59. The van der Waals surface area contributed by atoms with Crippen molar-refractivity contribution in [2.75, 3.05) is 46.9 Å². The summed E-state index contributed by atoms with van der Waals surface area (Å²) in [6.45, 7) is 4.37. The number of ether oxygens (including phenoxy) is 1. The molecule has 0 spiro atoms. The number of hydrogen-bond donors (Lipinski definition) is 9. The highest BCUT2D eigenvalue weighted by Crippen LogP contribution is 2.37. The number of carbonyl (C=O) groups is 9. The maximum absolute atomic E-state index is 14.7. The van der Waals surface area contributed by atoms with Gasteiger partial charge in [0, 0.05) is 56.5 Å². The lowest BCUT2D eigenvalue weighted by atomic mass is 9.92. The van der Waals surface area contributed by atoms with Gasteiger partial charge in [0.15, 0.2) is 5.78 Å². The molecule has 0 saturated carbocycles. The van der Waals surface area contributed by atoms with Gasteiger partial charge in [0.05, 0.1) is 18.1 Å². The third-order valence-electron chi connectivity index (χ3n) is 18.9. The molecule has 4 fully saturated rings. The van der Waals surface area contributed by atoms with Crippen LogP contribution >= 0.6 is 0 Å². The molecule has 8 amide bonds. The summed E-state index contributed by atoms with van der Waals surface area (Å²) in [7, 11) is 3.35. The molecule has 0 radical (unpaired) electrons. The van der Waals surface area contributed by atoms with E-state index in [1.54, 1.807) is 37.7 Å². The zero-order valence-electron chi connectivity index (χ0n) is 54.0. The zero-order valence-corrected chi connectivity index (χ0v) is 54.0. The van der Waals surface area contributed by atoms with Gasteiger partial charge in [-0.1, -0.05) is 153 Å². The van der Waals surface area contributed by atoms with Crippen molar-refractivity contribution in [3.8, 4) is 0 Å². The first-order chi connectivity index (χ1) is 44.6. The van der Waals surface area contributed by atoms with Gasteiger partial charge in [0.2, 0.25) is 47.3 Å². The monoisotopic (exact) mass is 1260 g/mol. The molecule has 11 atom stereocenters. The summed E-state index contributed by atoms with van der Waals surface area (Å²) >= 11 is 0. The van der Waals surface area contributed by atoms with Crippen molar-refractivity contribution >= 4 is 53.0 Å². The number of nitrogens with zero attached hydrogens (tertiary/aromatic N) is 2. The van der Waals surface area contributed by atoms with E-state index >= 15 is 0 Å². The summed E-state index contributed by atoms with van der Waals surface area (Å²) in [5.41, 5.74) is 3.60. The van der Waals surface area contributed by atoms with E-state index in [1.165, 1.54) is 0 Å². The van der Waals surface area contributed by atoms with Crippen LogP contribution in [-0.2, 0) is 54.4 Å². The lowest BCUT2D eigenvalue weighted by Gasteiger charge is -2.33. The number of carbonyl (C=O) groups excluding carboxylic acids is 9. The summed E-state index contributed by atoms with van der Waals surface area (Å²) in [5.74, 6) is -3.56. The highest BCUT2D eigenvalue weighted by molar-refractivity contribution is 5.97. The van der Waals surface area contributed by atoms with Crippen LogP contribution in [0.2, 0.25) is 0 Å². The fraction of sp³-hybridized carbons (Fsp3) is 0.535. The normalized spacial score (nSPS) is 22.2. The summed E-state index contributed by atoms with van der Waals surface area (Å²) in [5, 5.41) is 27.4. The van der Waals surface area contributed by atoms with E-state index < -0.39 is 60.2 Å². The van der Waals surface area contributed by atoms with Gasteiger partial charge in [0.1, 0.15) is 43.4 Å². The van der Waals surface area contributed by atoms with Crippen LogP contribution in [0.25, 0.3) is 0 Å². The van der Waals surface area contributed by atoms with Gasteiger partial charge < -0.3 is 62.4 Å². The lowest BCUT2D eigenvalue weighted by molar-refractivity contribution is -0.144. The van der Waals surface area contributed by atoms with Gasteiger partial charge in [0.25, 0.3) is 0 Å². The molecule has 1 unspecified atom stereocenters. The van der Waals surface area contributed by atoms with Crippen LogP contribution in [0.3, 0.4) is 0 Å². The first-order valence-corrected chi connectivity index (χ1v) is 33.4. The van der Waals surface area contributed by atoms with E-state index in [0.717, 1.165) is 55.2 Å². The first kappa shape index (κ1) is 70.0. The molecule has 8 rings (SSSR count). The highest BCUT2D eigenvalue weighted by Gasteiger charge is 2.50. The quantitative estimate of drug-likeness (QED) is 0.0273. The smallest absolute Gasteiger partial charge is 0.246 e. The molecule has 4 aromatic rings. The van der Waals surface area contributed by atoms with Crippen molar-refractivity contribution in [2.24, 2.45) is 11.8 Å². The number of benzene rings is 4. The molecule has 4 heterocycles. The van der Waals surface area contributed by atoms with E-state index in [4.69, 9.17) is 4.74 Å². The van der Waals surface area contributed by atoms with Crippen molar-refractivity contribution in [1.29, 1.82) is 0 Å². The summed E-state index contributed by atoms with van der Waals surface area (Å²) < 4.78 is 5.49. The molecule has 4 aliphatic heterocycles. The minimum atomic E-state index is -1.01. The van der Waals surface area contributed by atoms with Crippen LogP contribution < -0.4 is 47.9 Å². The van der Waals surface area contributed by atoms with Crippen molar-refractivity contribution in [3.63, 3.8) is 0 Å². The van der Waals surface area contributed by atoms with Crippen LogP contribution in [0.5, 0.6) is 0 Å². The predicted molar refractivity (Wildman–Crippen MR) is 351 cm³/mol. The van der Waals surface area contributed by atoms with Crippen LogP contribution in [0.4, 0.5) is 0 Å². The van der Waals surface area contributed by atoms with Gasteiger partial charge >= 0.3 is 0 Å². The van der Waals surface area contributed by atoms with Crippen LogP contribution in [0, 0.1) is 11.8 Å². The van der Waals surface area contributed by atoms with Crippen LogP contribution in [-0.4, -0.2) is 158 Å². The molecular formula is C71H97N11O10. The third kappa shape index (κ3) is 19.6. The molecule has 0 aromatic heterocycles. The average Bonchev–Trinajstić information content (AvgIpc) is 1.64. The Balaban J connectivity index is 0.726. The minimum absolute atomic E-state index is 0.0666. The molecule has 21 nitrogen and oxygen atoms in total. The van der Waals surface area contributed by atoms with Crippen LogP contribution in [0.15, 0.2) is 121 Å². The predicted octanol–water partition coefficient (Wildman–Crippen LogP) is 5.20. The van der Waals surface area contributed by atoms with E-state index in [0.29, 0.717) is 83.0 Å². The second-order valence-corrected chi connectivity index (χ2v) is 25.2. The Morgan fingerprint density at radius 1 is 0.500 bits per heavy atom. The van der Waals surface area contributed by atoms with Crippen molar-refractivity contribution in [3.05, 3.63) is 144 Å². The minimum Gasteiger partial charge on any atom is -0.362 e. The van der Waals surface area contributed by atoms with Gasteiger partial charge in [-0.05, 0) is 114 Å². The molecule has 4 saturated heterocycles. The Hall–Kier alpha value is -7.85. The molecule has 92 heavy (non-hydrogen) atoms. The number of amides is 8. The molecule has 0 aliphatic carbocycles. The summed E-state index contributed by atoms with van der Waals surface area (Å²) in [6, 6.07) is 32.4. The van der Waals surface area contributed by atoms with E-state index in [1.807, 2.05) is 121 Å². The number of ketones is 1. The number of unbranched alkanes of at least 4 members (excludes halogenated alkanes) is 6. The number of fused-ring (bicyclic) bond motifs is 2. The van der Waals surface area contributed by atoms with E-state index in [-0.39, 0.29) is 91.3 Å². The second-order valence-electron chi connectivity index (χ2n) is 25.2. The molecule has 4 aliphatic rings. The summed E-state index contributed by atoms with van der Waals surface area (Å²) in [6.07, 6.45) is 10.9. The molecular weight excluding hydrogens is 1170 g/mol. The number of likely N-dealkylation sites (N-methyl/N-ethyl adjacent to an activating group) is 2. The van der Waals surface area contributed by atoms with Gasteiger partial charge in [-0.2, -0.15) is 0 Å². The largest absolute Gasteiger partial charge is 0.362 e. The Kier molecular flexibility index (Phi) is 27.3. The molecule has 496 valence electrons. The maximum atomic E-state index is 14.7. The second kappa shape index (κ2) is 35.8. The highest BCUT2D eigenvalue weighted by atomic mass is 16.5. The van der Waals surface area contributed by atoms with E-state index in [9.17, 15) is 43.2 Å². The van der Waals surface area contributed by atoms with Crippen LogP contribution in [0.1, 0.15) is 151 Å². The van der Waals surface area contributed by atoms with Crippen molar-refractivity contribution in [2.45, 2.75) is 184 Å². The van der Waals surface area contributed by atoms with Crippen molar-refractivity contribution in [1.82, 2.24) is 57.7 Å². The number of hydrogen-bond acceptors (Lipinski definition) is 13. The van der Waals surface area contributed by atoms with Gasteiger partial charge in [-0.25, -0.2) is 0 Å². The standard InChI is InChI=1S/C71H97N11O10/c1-47(72-3)66(86)79-64-53(43-74-42-49-24-14-10-15-25-49)33-35-55-38-40-58(82(55)70(64)90)69(89)78-63(52-30-20-13-21-31-52)59(83)32-22-8-6-5-7-9-23-41-75-60(84)45-92-46-61(85)76-44-54-34-36-56-37-39-57(81(56)71(91)65(54)80-67(87)48(2)73-4)68(88)77-62(50-26-16-11-17-27-50)51-28-18-12-19-29-51/h10-21,24-31,47-48,53-58,62-65,72-74H,5-9,22-23,32-46H2,1-4H3,(H,75,84)(H,76,85)(H,77,88)(H,78,89)(H,79,86)(H,80,87)/t47-,48-,53+,54+,55-,56-,57-,58-,63-,64?,65-/m0/s1. The maximum Gasteiger partial charge on any atom is 0.246 e. The number of rotatable bonds is 34. The van der Waals surface area contributed by atoms with E-state index in [2.05, 4.69) is 47.9 Å². The topological polar surface area (TPSA) is 278 Å². The fourth-order valence-corrected chi connectivity index (χ4v) is 13.4. The Bertz CT molecular complexity index is 3010. The molecule has 0 bridgehead atoms. The third-order valence-corrected chi connectivity index (χ3v) is 18.9. The molecule has 4 aromatic carbocycles. The molecule has 21 heteroatoms. The number of nitrogens with one attached hydrogen (secondary N) is 9. The first-order valence-electron chi connectivity index (χ1n) is 33.4. The number of Topliss-reactive ketones (excluding diaryl/α,β-unsaturated/α-hetero) is 1. The molecule has 9 N–H and O–H groups in total. The summed E-state index contributed by atoms with van der Waals surface area (Å²) in [4.78, 5) is 128. The Labute approximate surface area is 542 Å². The zero-order chi connectivity index (χ0) is 65.4. The van der Waals surface area contributed by atoms with Gasteiger partial charge in [-0.3, -0.25) is 43.2 Å². The fourth-order valence-electron chi connectivity index (χ4n) is 13.4. The SMILES string of the molecule is CN[C@@H](C)C(=O)NC1C(=O)N2[C@@H](CC[C@@H]1CNCc1ccccc1)CC[C@H]2C(=O)N[C@H](C(=O)CCCCCCCCCNC(=O)COCC(=O)NC[C@H]1CC[C@H]2CC[C@@H](C(=O)NC(c3ccccc3)c3ccccc3)N2C(=O)[C@H]1NC(=O)[C@H](C)NC)c1ccccc1. The Morgan fingerprint density at radius 3 is 1.45 bits per heavy atom. The average molecular weight is 1260 g/mol. The van der Waals surface area contributed by atoms with Gasteiger partial charge in [-0.15, -0.1) is 0 Å². The van der Waals surface area contributed by atoms with Crippen molar-refractivity contribution < 1.29 is 47.9 Å².